The van der Waals surface area contributed by atoms with Gasteiger partial charge >= 0.3 is 0 Å². The summed E-state index contributed by atoms with van der Waals surface area (Å²) < 4.78 is 0.831. The van der Waals surface area contributed by atoms with Crippen molar-refractivity contribution in [1.82, 2.24) is 4.90 Å². The van der Waals surface area contributed by atoms with Crippen molar-refractivity contribution in [2.45, 2.75) is 26.8 Å². The first-order valence-electron chi connectivity index (χ1n) is 5.58. The molecular weight excluding hydrogens is 254 g/mol. The van der Waals surface area contributed by atoms with E-state index in [0.717, 1.165) is 23.8 Å². The van der Waals surface area contributed by atoms with Crippen molar-refractivity contribution in [3.05, 3.63) is 21.3 Å². The number of thiophene rings is 1. The fourth-order valence-corrected chi connectivity index (χ4v) is 2.55. The molecule has 0 bridgehead atoms. The molecule has 1 rings (SSSR count). The number of nitrogens with zero attached hydrogens (tertiary/aromatic N) is 1. The van der Waals surface area contributed by atoms with E-state index in [1.807, 2.05) is 19.9 Å². The lowest BCUT2D eigenvalue weighted by Crippen LogP contribution is -2.34. The van der Waals surface area contributed by atoms with Crippen LogP contribution in [0.1, 0.15) is 25.1 Å². The Morgan fingerprint density at radius 1 is 1.53 bits per heavy atom. The van der Waals surface area contributed by atoms with Gasteiger partial charge in [-0.15, -0.1) is 11.3 Å². The van der Waals surface area contributed by atoms with Crippen molar-refractivity contribution < 1.29 is 0 Å². The Balaban J connectivity index is 2.40. The van der Waals surface area contributed by atoms with Crippen LogP contribution in [0.15, 0.2) is 12.1 Å². The van der Waals surface area contributed by atoms with Crippen molar-refractivity contribution in [1.29, 1.82) is 5.41 Å². The van der Waals surface area contributed by atoms with Crippen LogP contribution < -0.4 is 5.73 Å². The minimum absolute atomic E-state index is 0.221. The first-order chi connectivity index (χ1) is 7.81. The predicted molar refractivity (Wildman–Crippen MR) is 76.0 cm³/mol. The van der Waals surface area contributed by atoms with E-state index in [1.165, 1.54) is 4.88 Å². The number of amidine groups is 1. The highest BCUT2D eigenvalue weighted by molar-refractivity contribution is 7.16. The van der Waals surface area contributed by atoms with Crippen LogP contribution in [0.4, 0.5) is 0 Å². The van der Waals surface area contributed by atoms with Crippen LogP contribution in [-0.4, -0.2) is 24.3 Å². The summed E-state index contributed by atoms with van der Waals surface area (Å²) >= 11 is 7.50. The SMILES string of the molecule is CN(CCC(C)(C)C(=N)N)Cc1ccc(Cl)s1. The highest BCUT2D eigenvalue weighted by Gasteiger charge is 2.21. The molecule has 1 aromatic heterocycles. The highest BCUT2D eigenvalue weighted by atomic mass is 35.5. The first kappa shape index (κ1) is 14.5. The van der Waals surface area contributed by atoms with Crippen LogP contribution in [0, 0.1) is 10.8 Å². The maximum Gasteiger partial charge on any atom is 0.0963 e. The molecule has 3 nitrogen and oxygen atoms in total. The molecular formula is C12H20ClN3S. The number of hydrogen-bond donors (Lipinski definition) is 2. The van der Waals surface area contributed by atoms with E-state index < -0.39 is 0 Å². The summed E-state index contributed by atoms with van der Waals surface area (Å²) in [7, 11) is 2.07. The van der Waals surface area contributed by atoms with Gasteiger partial charge in [0.15, 0.2) is 0 Å². The minimum atomic E-state index is -0.221. The third-order valence-corrected chi connectivity index (χ3v) is 4.12. The summed E-state index contributed by atoms with van der Waals surface area (Å²) in [5.74, 6) is 0.255. The number of halogens is 1. The molecule has 0 aliphatic heterocycles. The van der Waals surface area contributed by atoms with E-state index in [1.54, 1.807) is 11.3 Å². The zero-order chi connectivity index (χ0) is 13.1. The van der Waals surface area contributed by atoms with E-state index in [-0.39, 0.29) is 11.3 Å². The summed E-state index contributed by atoms with van der Waals surface area (Å²) in [5, 5.41) is 7.51. The lowest BCUT2D eigenvalue weighted by atomic mass is 9.88. The summed E-state index contributed by atoms with van der Waals surface area (Å²) in [5.41, 5.74) is 5.34. The average molecular weight is 274 g/mol. The van der Waals surface area contributed by atoms with Crippen molar-refractivity contribution in [3.8, 4) is 0 Å². The van der Waals surface area contributed by atoms with Gasteiger partial charge in [-0.05, 0) is 32.1 Å². The molecule has 0 radical (unpaired) electrons. The monoisotopic (exact) mass is 273 g/mol. The molecule has 0 unspecified atom stereocenters. The molecule has 96 valence electrons. The van der Waals surface area contributed by atoms with Gasteiger partial charge in [0.2, 0.25) is 0 Å². The van der Waals surface area contributed by atoms with E-state index in [9.17, 15) is 0 Å². The number of rotatable bonds is 6. The Hall–Kier alpha value is -0.580. The minimum Gasteiger partial charge on any atom is -0.387 e. The summed E-state index contributed by atoms with van der Waals surface area (Å²) in [6.07, 6.45) is 0.887. The highest BCUT2D eigenvalue weighted by Crippen LogP contribution is 2.24. The lowest BCUT2D eigenvalue weighted by molar-refractivity contribution is 0.286. The first-order valence-corrected chi connectivity index (χ1v) is 6.78. The maximum absolute atomic E-state index is 7.51. The zero-order valence-electron chi connectivity index (χ0n) is 10.6. The topological polar surface area (TPSA) is 53.1 Å². The molecule has 0 amide bonds. The molecule has 0 aliphatic carbocycles. The largest absolute Gasteiger partial charge is 0.387 e. The second-order valence-corrected chi connectivity index (χ2v) is 6.79. The van der Waals surface area contributed by atoms with Gasteiger partial charge in [0.05, 0.1) is 10.2 Å². The van der Waals surface area contributed by atoms with Gasteiger partial charge < -0.3 is 10.6 Å². The van der Waals surface area contributed by atoms with Gasteiger partial charge in [0, 0.05) is 16.8 Å². The van der Waals surface area contributed by atoms with Gasteiger partial charge in [-0.3, -0.25) is 5.41 Å². The maximum atomic E-state index is 7.51. The van der Waals surface area contributed by atoms with E-state index >= 15 is 0 Å². The molecule has 1 heterocycles. The molecule has 0 aromatic carbocycles. The second-order valence-electron chi connectivity index (χ2n) is 4.99. The van der Waals surface area contributed by atoms with Crippen LogP contribution in [0.25, 0.3) is 0 Å². The zero-order valence-corrected chi connectivity index (χ0v) is 12.2. The molecule has 3 N–H and O–H groups in total. The fourth-order valence-electron chi connectivity index (χ4n) is 1.39. The molecule has 0 aliphatic rings. The molecule has 5 heteroatoms. The second kappa shape index (κ2) is 5.85. The third kappa shape index (κ3) is 4.66. The third-order valence-electron chi connectivity index (χ3n) is 2.90. The molecule has 0 fully saturated rings. The van der Waals surface area contributed by atoms with Crippen LogP contribution in [-0.2, 0) is 6.54 Å². The Morgan fingerprint density at radius 2 is 2.18 bits per heavy atom. The van der Waals surface area contributed by atoms with Crippen molar-refractivity contribution >= 4 is 28.8 Å². The van der Waals surface area contributed by atoms with E-state index in [2.05, 4.69) is 18.0 Å². The quantitative estimate of drug-likeness (QED) is 0.618. The Bertz CT molecular complexity index is 387. The van der Waals surface area contributed by atoms with Gasteiger partial charge in [-0.2, -0.15) is 0 Å². The normalized spacial score (nSPS) is 12.1. The van der Waals surface area contributed by atoms with Crippen LogP contribution >= 0.6 is 22.9 Å². The molecule has 0 saturated carbocycles. The molecule has 0 saturated heterocycles. The standard InChI is InChI=1S/C12H20ClN3S/c1-12(2,11(14)15)6-7-16(3)8-9-4-5-10(13)17-9/h4-5H,6-8H2,1-3H3,(H3,14,15). The average Bonchev–Trinajstić information content (AvgIpc) is 2.61. The van der Waals surface area contributed by atoms with Gasteiger partial charge in [-0.1, -0.05) is 25.4 Å². The van der Waals surface area contributed by atoms with Crippen molar-refractivity contribution in [2.75, 3.05) is 13.6 Å². The van der Waals surface area contributed by atoms with E-state index in [0.29, 0.717) is 0 Å². The summed E-state index contributed by atoms with van der Waals surface area (Å²) in [6, 6.07) is 3.98. The number of nitrogens with one attached hydrogen (secondary N) is 1. The van der Waals surface area contributed by atoms with Gasteiger partial charge in [0.25, 0.3) is 0 Å². The van der Waals surface area contributed by atoms with E-state index in [4.69, 9.17) is 22.7 Å². The number of nitrogens with two attached hydrogens (primary N) is 1. The van der Waals surface area contributed by atoms with Crippen molar-refractivity contribution in [2.24, 2.45) is 11.1 Å². The predicted octanol–water partition coefficient (Wildman–Crippen LogP) is 3.19. The Morgan fingerprint density at radius 3 is 2.65 bits per heavy atom. The van der Waals surface area contributed by atoms with Gasteiger partial charge in [0.1, 0.15) is 0 Å². The Labute approximate surface area is 112 Å². The summed E-state index contributed by atoms with van der Waals surface area (Å²) in [4.78, 5) is 3.49. The Kier molecular flexibility index (Phi) is 4.98. The molecule has 1 aromatic rings. The molecule has 0 atom stereocenters. The van der Waals surface area contributed by atoms with Crippen LogP contribution in [0.2, 0.25) is 4.34 Å². The fraction of sp³-hybridized carbons (Fsp3) is 0.583. The van der Waals surface area contributed by atoms with Crippen LogP contribution in [0.3, 0.4) is 0 Å². The smallest absolute Gasteiger partial charge is 0.0963 e. The number of hydrogen-bond acceptors (Lipinski definition) is 3. The molecule has 0 spiro atoms. The van der Waals surface area contributed by atoms with Crippen molar-refractivity contribution in [3.63, 3.8) is 0 Å². The molecule has 17 heavy (non-hydrogen) atoms. The lowest BCUT2D eigenvalue weighted by Gasteiger charge is -2.26. The van der Waals surface area contributed by atoms with Crippen LogP contribution in [0.5, 0.6) is 0 Å². The summed E-state index contributed by atoms with van der Waals surface area (Å²) in [6.45, 7) is 5.82. The van der Waals surface area contributed by atoms with Gasteiger partial charge in [-0.25, -0.2) is 0 Å².